The van der Waals surface area contributed by atoms with Crippen LogP contribution in [-0.4, -0.2) is 68.8 Å². The van der Waals surface area contributed by atoms with E-state index in [0.717, 1.165) is 11.1 Å². The van der Waals surface area contributed by atoms with Gasteiger partial charge in [-0.25, -0.2) is 0 Å². The first-order chi connectivity index (χ1) is 14.4. The van der Waals surface area contributed by atoms with Crippen molar-refractivity contribution in [3.8, 4) is 5.75 Å². The third-order valence-electron chi connectivity index (χ3n) is 5.60. The normalized spacial score (nSPS) is 33.3. The van der Waals surface area contributed by atoms with Crippen LogP contribution in [-0.2, 0) is 11.2 Å². The summed E-state index contributed by atoms with van der Waals surface area (Å²) in [6.45, 7) is -0.478. The molecule has 162 valence electrons. The van der Waals surface area contributed by atoms with E-state index in [0.29, 0.717) is 29.2 Å². The molecule has 8 heteroatoms. The van der Waals surface area contributed by atoms with Crippen LogP contribution in [0.2, 0.25) is 5.02 Å². The van der Waals surface area contributed by atoms with Gasteiger partial charge in [0.25, 0.3) is 0 Å². The highest BCUT2D eigenvalue weighted by Gasteiger charge is 2.44. The van der Waals surface area contributed by atoms with E-state index in [1.807, 2.05) is 24.3 Å². The molecule has 7 atom stereocenters. The molecule has 0 bridgehead atoms. The van der Waals surface area contributed by atoms with Gasteiger partial charge in [-0.3, -0.25) is 0 Å². The topological polar surface area (TPSA) is 120 Å². The Morgan fingerprint density at radius 1 is 0.967 bits per heavy atom. The van der Waals surface area contributed by atoms with Crippen LogP contribution in [0.25, 0.3) is 0 Å². The predicted molar refractivity (Wildman–Crippen MR) is 108 cm³/mol. The first-order valence-electron chi connectivity index (χ1n) is 9.90. The summed E-state index contributed by atoms with van der Waals surface area (Å²) in [5.74, 6) is 0.696. The molecule has 1 saturated heterocycles. The first-order valence-corrected chi connectivity index (χ1v) is 10.3. The molecular weight excluding hydrogens is 412 g/mol. The summed E-state index contributed by atoms with van der Waals surface area (Å²) in [7, 11) is 0. The molecule has 2 aromatic rings. The molecule has 2 fully saturated rings. The highest BCUT2D eigenvalue weighted by molar-refractivity contribution is 6.31. The molecule has 1 aliphatic heterocycles. The van der Waals surface area contributed by atoms with Crippen molar-refractivity contribution < 1.29 is 35.0 Å². The summed E-state index contributed by atoms with van der Waals surface area (Å²) < 4.78 is 11.3. The molecule has 5 N–H and O–H groups in total. The Morgan fingerprint density at radius 2 is 1.67 bits per heavy atom. The van der Waals surface area contributed by atoms with Crippen molar-refractivity contribution in [2.45, 2.75) is 55.6 Å². The summed E-state index contributed by atoms with van der Waals surface area (Å²) in [6, 6.07) is 12.7. The van der Waals surface area contributed by atoms with E-state index >= 15 is 0 Å². The van der Waals surface area contributed by atoms with Crippen molar-refractivity contribution >= 4 is 11.6 Å². The van der Waals surface area contributed by atoms with Gasteiger partial charge in [0, 0.05) is 11.4 Å². The minimum atomic E-state index is -1.43. The summed E-state index contributed by atoms with van der Waals surface area (Å²) in [5, 5.41) is 49.7. The van der Waals surface area contributed by atoms with E-state index < -0.39 is 37.1 Å². The van der Waals surface area contributed by atoms with E-state index in [4.69, 9.17) is 21.1 Å². The molecule has 7 nitrogen and oxygen atoms in total. The minimum Gasteiger partial charge on any atom is -0.488 e. The predicted octanol–water partition coefficient (Wildman–Crippen LogP) is 0.958. The average molecular weight is 437 g/mol. The maximum Gasteiger partial charge on any atom is 0.127 e. The Morgan fingerprint density at radius 3 is 2.30 bits per heavy atom. The summed E-state index contributed by atoms with van der Waals surface area (Å²) in [4.78, 5) is 0. The van der Waals surface area contributed by atoms with Crippen molar-refractivity contribution in [3.05, 3.63) is 64.2 Å². The molecule has 30 heavy (non-hydrogen) atoms. The van der Waals surface area contributed by atoms with Gasteiger partial charge in [0.05, 0.1) is 12.7 Å². The fourth-order valence-corrected chi connectivity index (χ4v) is 3.84. The highest BCUT2D eigenvalue weighted by Crippen LogP contribution is 2.34. The fraction of sp³-hybridized carbons (Fsp3) is 0.455. The van der Waals surface area contributed by atoms with Crippen molar-refractivity contribution in [2.75, 3.05) is 6.61 Å². The van der Waals surface area contributed by atoms with Gasteiger partial charge < -0.3 is 35.0 Å². The monoisotopic (exact) mass is 436 g/mol. The molecule has 0 amide bonds. The maximum atomic E-state index is 10.4. The van der Waals surface area contributed by atoms with Gasteiger partial charge in [0.1, 0.15) is 42.4 Å². The van der Waals surface area contributed by atoms with Crippen LogP contribution in [0.5, 0.6) is 5.75 Å². The Labute approximate surface area is 179 Å². The van der Waals surface area contributed by atoms with Crippen molar-refractivity contribution in [2.24, 2.45) is 0 Å². The van der Waals surface area contributed by atoms with Crippen molar-refractivity contribution in [1.29, 1.82) is 0 Å². The van der Waals surface area contributed by atoms with Gasteiger partial charge in [0.15, 0.2) is 0 Å². The SMILES string of the molecule is OC[C@H]1O[C@@H](c2ccc(Cl)c(Cc3ccc(OC4CC4O)cc3)c2)[C@H](O)[C@@H](O)[C@@H]1O. The van der Waals surface area contributed by atoms with Crippen LogP contribution in [0.4, 0.5) is 0 Å². The van der Waals surface area contributed by atoms with E-state index in [9.17, 15) is 25.5 Å². The third-order valence-corrected chi connectivity index (χ3v) is 5.96. The van der Waals surface area contributed by atoms with Gasteiger partial charge >= 0.3 is 0 Å². The molecule has 0 radical (unpaired) electrons. The van der Waals surface area contributed by atoms with E-state index in [-0.39, 0.29) is 12.2 Å². The average Bonchev–Trinajstić information content (AvgIpc) is 3.44. The second kappa shape index (κ2) is 8.80. The van der Waals surface area contributed by atoms with Gasteiger partial charge in [0.2, 0.25) is 0 Å². The summed E-state index contributed by atoms with van der Waals surface area (Å²) in [5.41, 5.74) is 2.39. The van der Waals surface area contributed by atoms with Crippen LogP contribution >= 0.6 is 11.6 Å². The number of halogens is 1. The van der Waals surface area contributed by atoms with Crippen LogP contribution in [0.15, 0.2) is 42.5 Å². The largest absolute Gasteiger partial charge is 0.488 e. The molecule has 0 aromatic heterocycles. The van der Waals surface area contributed by atoms with Crippen LogP contribution in [0, 0.1) is 0 Å². The fourth-order valence-electron chi connectivity index (χ4n) is 3.65. The summed E-state index contributed by atoms with van der Waals surface area (Å²) in [6.07, 6.45) is -5.37. The zero-order chi connectivity index (χ0) is 21.4. The number of hydrogen-bond acceptors (Lipinski definition) is 7. The number of hydrogen-bond donors (Lipinski definition) is 5. The smallest absolute Gasteiger partial charge is 0.127 e. The zero-order valence-electron chi connectivity index (χ0n) is 16.1. The molecule has 4 rings (SSSR count). The molecule has 1 saturated carbocycles. The molecule has 2 aliphatic rings. The van der Waals surface area contributed by atoms with Crippen LogP contribution < -0.4 is 4.74 Å². The zero-order valence-corrected chi connectivity index (χ0v) is 16.9. The molecule has 0 spiro atoms. The van der Waals surface area contributed by atoms with Crippen LogP contribution in [0.3, 0.4) is 0 Å². The second-order valence-corrected chi connectivity index (χ2v) is 8.29. The number of aliphatic hydroxyl groups excluding tert-OH is 5. The Kier molecular flexibility index (Phi) is 6.31. The Hall–Kier alpha value is -1.71. The lowest BCUT2D eigenvalue weighted by Crippen LogP contribution is -2.55. The maximum absolute atomic E-state index is 10.4. The molecular formula is C22H25ClO7. The quantitative estimate of drug-likeness (QED) is 0.457. The Bertz CT molecular complexity index is 872. The molecule has 2 aromatic carbocycles. The van der Waals surface area contributed by atoms with E-state index in [1.54, 1.807) is 18.2 Å². The van der Waals surface area contributed by atoms with E-state index in [1.165, 1.54) is 0 Å². The third kappa shape index (κ3) is 4.48. The summed E-state index contributed by atoms with van der Waals surface area (Å²) >= 11 is 6.37. The Balaban J connectivity index is 1.50. The first kappa shape index (κ1) is 21.5. The van der Waals surface area contributed by atoms with Crippen LogP contribution in [0.1, 0.15) is 29.2 Å². The van der Waals surface area contributed by atoms with Crippen molar-refractivity contribution in [3.63, 3.8) is 0 Å². The van der Waals surface area contributed by atoms with Gasteiger partial charge in [-0.15, -0.1) is 0 Å². The van der Waals surface area contributed by atoms with Gasteiger partial charge in [-0.2, -0.15) is 0 Å². The van der Waals surface area contributed by atoms with E-state index in [2.05, 4.69) is 0 Å². The lowest BCUT2D eigenvalue weighted by Gasteiger charge is -2.40. The lowest BCUT2D eigenvalue weighted by molar-refractivity contribution is -0.231. The second-order valence-electron chi connectivity index (χ2n) is 7.88. The van der Waals surface area contributed by atoms with Gasteiger partial charge in [-0.05, 0) is 41.3 Å². The highest BCUT2D eigenvalue weighted by atomic mass is 35.5. The number of aliphatic hydroxyl groups is 5. The van der Waals surface area contributed by atoms with Gasteiger partial charge in [-0.1, -0.05) is 35.9 Å². The number of ether oxygens (including phenoxy) is 2. The molecule has 1 aliphatic carbocycles. The lowest BCUT2D eigenvalue weighted by atomic mass is 9.90. The number of rotatable bonds is 6. The molecule has 2 unspecified atom stereocenters. The van der Waals surface area contributed by atoms with Crippen molar-refractivity contribution in [1.82, 2.24) is 0 Å². The molecule has 1 heterocycles. The minimum absolute atomic E-state index is 0.125. The standard InChI is InChI=1S/C22H25ClO7/c23-15-6-3-12(22-21(28)20(27)19(26)18(10-24)30-22)8-13(15)7-11-1-4-14(5-2-11)29-17-9-16(17)25/h1-6,8,16-22,24-28H,7,9-10H2/t16?,17?,18-,19-,20+,21-,22+/m1/s1. The number of benzene rings is 2.